The quantitative estimate of drug-likeness (QED) is 0.729. The molecule has 4 rings (SSSR count). The van der Waals surface area contributed by atoms with Crippen molar-refractivity contribution >= 4 is 33.2 Å². The zero-order valence-electron chi connectivity index (χ0n) is 17.4. The first-order valence-corrected chi connectivity index (χ1v) is 11.8. The zero-order valence-corrected chi connectivity index (χ0v) is 18.2. The molecule has 0 aromatic heterocycles. The van der Waals surface area contributed by atoms with E-state index < -0.39 is 10.0 Å². The summed E-state index contributed by atoms with van der Waals surface area (Å²) in [6.45, 7) is 4.03. The number of nitrogens with zero attached hydrogens (tertiary/aromatic N) is 2. The van der Waals surface area contributed by atoms with Gasteiger partial charge >= 0.3 is 0 Å². The van der Waals surface area contributed by atoms with Gasteiger partial charge in [0.05, 0.1) is 11.4 Å². The van der Waals surface area contributed by atoms with Crippen LogP contribution in [0.2, 0.25) is 0 Å². The number of benzene rings is 2. The van der Waals surface area contributed by atoms with Gasteiger partial charge in [0.25, 0.3) is 0 Å². The maximum atomic E-state index is 12.8. The molecule has 0 spiro atoms. The number of nitrogens with one attached hydrogen (secondary N) is 2. The van der Waals surface area contributed by atoms with E-state index in [1.807, 2.05) is 29.2 Å². The molecule has 0 atom stereocenters. The molecule has 2 N–H and O–H groups in total. The summed E-state index contributed by atoms with van der Waals surface area (Å²) in [6, 6.07) is 12.5. The van der Waals surface area contributed by atoms with Crippen molar-refractivity contribution in [1.29, 1.82) is 0 Å². The van der Waals surface area contributed by atoms with Crippen LogP contribution in [-0.4, -0.2) is 46.4 Å². The Morgan fingerprint density at radius 1 is 1.13 bits per heavy atom. The molecule has 2 aliphatic rings. The summed E-state index contributed by atoms with van der Waals surface area (Å²) in [5.74, 6) is -0.0390. The van der Waals surface area contributed by atoms with Gasteiger partial charge in [-0.2, -0.15) is 0 Å². The lowest BCUT2D eigenvalue weighted by Crippen LogP contribution is -2.47. The summed E-state index contributed by atoms with van der Waals surface area (Å²) in [5, 5.41) is 2.80. The molecule has 0 aliphatic carbocycles. The second-order valence-corrected chi connectivity index (χ2v) is 9.59. The van der Waals surface area contributed by atoms with E-state index in [1.54, 1.807) is 23.1 Å². The van der Waals surface area contributed by atoms with Crippen LogP contribution in [0.3, 0.4) is 0 Å². The monoisotopic (exact) mass is 442 g/mol. The van der Waals surface area contributed by atoms with Crippen LogP contribution in [0.25, 0.3) is 0 Å². The Morgan fingerprint density at radius 2 is 1.90 bits per heavy atom. The van der Waals surface area contributed by atoms with E-state index in [4.69, 9.17) is 0 Å². The highest BCUT2D eigenvalue weighted by atomic mass is 32.2. The number of fused-ring (bicyclic) bond motifs is 1. The molecule has 0 radical (unpaired) electrons. The molecule has 2 aromatic rings. The normalized spacial score (nSPS) is 16.6. The standard InChI is InChI=1S/C22H26N4O4S/c1-16(27)26-11-2-3-18-13-20(8-9-21(18)26)31(29,30)24-14-17-4-6-19(7-5-17)25-12-10-23-22(28)15-25/h4-9,13,24H,2-3,10-12,14-15H2,1H3,(H,23,28). The van der Waals surface area contributed by atoms with Gasteiger partial charge in [0, 0.05) is 44.5 Å². The highest BCUT2D eigenvalue weighted by Gasteiger charge is 2.23. The summed E-state index contributed by atoms with van der Waals surface area (Å²) in [7, 11) is -3.68. The average Bonchev–Trinajstić information content (AvgIpc) is 2.77. The van der Waals surface area contributed by atoms with Crippen LogP contribution in [-0.2, 0) is 32.6 Å². The van der Waals surface area contributed by atoms with E-state index in [2.05, 4.69) is 10.0 Å². The van der Waals surface area contributed by atoms with E-state index >= 15 is 0 Å². The third kappa shape index (κ3) is 4.72. The fourth-order valence-electron chi connectivity index (χ4n) is 4.01. The highest BCUT2D eigenvalue weighted by molar-refractivity contribution is 7.89. The van der Waals surface area contributed by atoms with Crippen LogP contribution in [0.1, 0.15) is 24.5 Å². The van der Waals surface area contributed by atoms with Crippen LogP contribution >= 0.6 is 0 Å². The third-order valence-corrected chi connectivity index (χ3v) is 7.07. The van der Waals surface area contributed by atoms with Gasteiger partial charge in [0.2, 0.25) is 21.8 Å². The first-order chi connectivity index (χ1) is 14.8. The van der Waals surface area contributed by atoms with Gasteiger partial charge < -0.3 is 15.1 Å². The smallest absolute Gasteiger partial charge is 0.240 e. The fourth-order valence-corrected chi connectivity index (χ4v) is 5.08. The summed E-state index contributed by atoms with van der Waals surface area (Å²) in [4.78, 5) is 27.3. The minimum Gasteiger partial charge on any atom is -0.360 e. The van der Waals surface area contributed by atoms with Crippen molar-refractivity contribution in [3.05, 3.63) is 53.6 Å². The Kier molecular flexibility index (Phi) is 5.97. The summed E-state index contributed by atoms with van der Waals surface area (Å²) < 4.78 is 28.3. The van der Waals surface area contributed by atoms with Crippen LogP contribution in [0.4, 0.5) is 11.4 Å². The number of aryl methyl sites for hydroxylation is 1. The summed E-state index contributed by atoms with van der Waals surface area (Å²) in [6.07, 6.45) is 1.56. The average molecular weight is 443 g/mol. The fraction of sp³-hybridized carbons (Fsp3) is 0.364. The van der Waals surface area contributed by atoms with Crippen LogP contribution in [0, 0.1) is 0 Å². The summed E-state index contributed by atoms with van der Waals surface area (Å²) >= 11 is 0. The van der Waals surface area contributed by atoms with Crippen molar-refractivity contribution < 1.29 is 18.0 Å². The van der Waals surface area contributed by atoms with Gasteiger partial charge in [0.1, 0.15) is 0 Å². The predicted molar refractivity (Wildman–Crippen MR) is 118 cm³/mol. The highest BCUT2D eigenvalue weighted by Crippen LogP contribution is 2.29. The number of carbonyl (C=O) groups excluding carboxylic acids is 2. The van der Waals surface area contributed by atoms with E-state index in [-0.39, 0.29) is 23.3 Å². The van der Waals surface area contributed by atoms with Gasteiger partial charge in [-0.1, -0.05) is 12.1 Å². The Bertz CT molecular complexity index is 1100. The largest absolute Gasteiger partial charge is 0.360 e. The molecular weight excluding hydrogens is 416 g/mol. The molecule has 2 aliphatic heterocycles. The van der Waals surface area contributed by atoms with Crippen molar-refractivity contribution in [2.45, 2.75) is 31.2 Å². The molecule has 2 amide bonds. The predicted octanol–water partition coefficient (Wildman–Crippen LogP) is 1.40. The van der Waals surface area contributed by atoms with E-state index in [1.165, 1.54) is 6.92 Å². The van der Waals surface area contributed by atoms with Gasteiger partial charge in [-0.15, -0.1) is 0 Å². The maximum absolute atomic E-state index is 12.8. The SMILES string of the molecule is CC(=O)N1CCCc2cc(S(=O)(=O)NCc3ccc(N4CCNC(=O)C4)cc3)ccc21. The number of anilines is 2. The van der Waals surface area contributed by atoms with Crippen LogP contribution < -0.4 is 19.8 Å². The van der Waals surface area contributed by atoms with Gasteiger partial charge in [0.15, 0.2) is 0 Å². The lowest BCUT2D eigenvalue weighted by atomic mass is 10.0. The van der Waals surface area contributed by atoms with Crippen molar-refractivity contribution in [3.63, 3.8) is 0 Å². The molecule has 2 heterocycles. The molecule has 1 saturated heterocycles. The maximum Gasteiger partial charge on any atom is 0.240 e. The van der Waals surface area contributed by atoms with Gasteiger partial charge in [-0.05, 0) is 54.3 Å². The Hall–Kier alpha value is -2.91. The molecule has 0 unspecified atom stereocenters. The van der Waals surface area contributed by atoms with E-state index in [0.29, 0.717) is 19.6 Å². The van der Waals surface area contributed by atoms with E-state index in [9.17, 15) is 18.0 Å². The zero-order chi connectivity index (χ0) is 22.0. The molecule has 31 heavy (non-hydrogen) atoms. The van der Waals surface area contributed by atoms with Gasteiger partial charge in [-0.3, -0.25) is 9.59 Å². The van der Waals surface area contributed by atoms with Gasteiger partial charge in [-0.25, -0.2) is 13.1 Å². The minimum absolute atomic E-state index is 0.000408. The number of piperazine rings is 1. The topological polar surface area (TPSA) is 98.8 Å². The van der Waals surface area contributed by atoms with Crippen molar-refractivity contribution in [3.8, 4) is 0 Å². The first-order valence-electron chi connectivity index (χ1n) is 10.3. The van der Waals surface area contributed by atoms with Crippen LogP contribution in [0.15, 0.2) is 47.4 Å². The first kappa shape index (κ1) is 21.3. The molecule has 9 heteroatoms. The molecule has 0 saturated carbocycles. The number of rotatable bonds is 5. The number of carbonyl (C=O) groups is 2. The second-order valence-electron chi connectivity index (χ2n) is 7.83. The lowest BCUT2D eigenvalue weighted by Gasteiger charge is -2.29. The van der Waals surface area contributed by atoms with Crippen molar-refractivity contribution in [2.75, 3.05) is 36.0 Å². The van der Waals surface area contributed by atoms with Crippen molar-refractivity contribution in [1.82, 2.24) is 10.0 Å². The lowest BCUT2D eigenvalue weighted by molar-refractivity contribution is -0.120. The Morgan fingerprint density at radius 3 is 2.61 bits per heavy atom. The molecule has 2 aromatic carbocycles. The molecule has 164 valence electrons. The second kappa shape index (κ2) is 8.68. The van der Waals surface area contributed by atoms with Crippen molar-refractivity contribution in [2.24, 2.45) is 0 Å². The minimum atomic E-state index is -3.68. The Labute approximate surface area is 182 Å². The number of hydrogen-bond acceptors (Lipinski definition) is 5. The third-order valence-electron chi connectivity index (χ3n) is 5.67. The van der Waals surface area contributed by atoms with E-state index in [0.717, 1.165) is 41.9 Å². The van der Waals surface area contributed by atoms with Crippen LogP contribution in [0.5, 0.6) is 0 Å². The number of hydrogen-bond donors (Lipinski definition) is 2. The summed E-state index contributed by atoms with van der Waals surface area (Å²) in [5.41, 5.74) is 3.43. The number of amides is 2. The number of sulfonamides is 1. The molecule has 1 fully saturated rings. The molecule has 8 nitrogen and oxygen atoms in total. The molecular formula is C22H26N4O4S. The molecule has 0 bridgehead atoms. The Balaban J connectivity index is 1.43.